The number of nitrogens with one attached hydrogen (secondary N) is 1. The molecular weight excluding hydrogens is 258 g/mol. The van der Waals surface area contributed by atoms with Crippen molar-refractivity contribution in [2.75, 3.05) is 13.2 Å². The number of likely N-dealkylation sites (N-methyl/N-ethyl adjacent to an activating group) is 1. The van der Waals surface area contributed by atoms with Crippen molar-refractivity contribution in [3.63, 3.8) is 0 Å². The van der Waals surface area contributed by atoms with Gasteiger partial charge in [0.1, 0.15) is 0 Å². The molecule has 3 unspecified atom stereocenters. The summed E-state index contributed by atoms with van der Waals surface area (Å²) < 4.78 is 8.01. The lowest BCUT2D eigenvalue weighted by Crippen LogP contribution is -2.43. The van der Waals surface area contributed by atoms with Crippen molar-refractivity contribution < 1.29 is 4.74 Å². The minimum Gasteiger partial charge on any atom is -0.376 e. The second-order valence-corrected chi connectivity index (χ2v) is 6.17. The first-order valence-electron chi connectivity index (χ1n) is 7.04. The van der Waals surface area contributed by atoms with E-state index in [1.807, 2.05) is 0 Å². The van der Waals surface area contributed by atoms with Gasteiger partial charge in [-0.25, -0.2) is 4.98 Å². The van der Waals surface area contributed by atoms with E-state index in [9.17, 15) is 0 Å². The molecule has 1 saturated heterocycles. The maximum absolute atomic E-state index is 5.91. The summed E-state index contributed by atoms with van der Waals surface area (Å²) in [6.07, 6.45) is 6.63. The van der Waals surface area contributed by atoms with E-state index in [0.717, 1.165) is 30.2 Å². The van der Waals surface area contributed by atoms with Crippen LogP contribution in [0.15, 0.2) is 17.8 Å². The summed E-state index contributed by atoms with van der Waals surface area (Å²) in [4.78, 5) is 5.75. The molecule has 3 atom stereocenters. The fourth-order valence-corrected chi connectivity index (χ4v) is 3.62. The fourth-order valence-electron chi connectivity index (χ4n) is 2.90. The van der Waals surface area contributed by atoms with Crippen LogP contribution in [0.5, 0.6) is 0 Å². The van der Waals surface area contributed by atoms with Crippen LogP contribution < -0.4 is 5.32 Å². The van der Waals surface area contributed by atoms with Crippen LogP contribution in [0.1, 0.15) is 26.0 Å². The van der Waals surface area contributed by atoms with Crippen LogP contribution in [0.3, 0.4) is 0 Å². The number of rotatable bonds is 5. The maximum Gasteiger partial charge on any atom is 0.193 e. The molecule has 19 heavy (non-hydrogen) atoms. The van der Waals surface area contributed by atoms with Crippen molar-refractivity contribution in [2.45, 2.75) is 38.8 Å². The zero-order chi connectivity index (χ0) is 13.2. The molecule has 0 aliphatic carbocycles. The number of imidazole rings is 1. The molecule has 0 saturated carbocycles. The average molecular weight is 279 g/mol. The molecule has 0 aromatic carbocycles. The van der Waals surface area contributed by atoms with E-state index in [-0.39, 0.29) is 0 Å². The Bertz CT molecular complexity index is 507. The molecule has 104 valence electrons. The molecule has 5 heteroatoms. The number of nitrogens with zero attached hydrogens (tertiary/aromatic N) is 2. The standard InChI is InChI=1S/C14H21N3OS/c1-3-15-12(13-10(2)4-6-18-13)8-11-9-17-5-7-19-14(17)16-11/h5,7,9-10,12-13,15H,3-4,6,8H2,1-2H3. The number of hydrogen-bond donors (Lipinski definition) is 1. The molecular formula is C14H21N3OS. The van der Waals surface area contributed by atoms with Gasteiger partial charge in [0.05, 0.1) is 11.8 Å². The highest BCUT2D eigenvalue weighted by atomic mass is 32.1. The highest BCUT2D eigenvalue weighted by Crippen LogP contribution is 2.25. The Hall–Kier alpha value is -0.910. The van der Waals surface area contributed by atoms with Gasteiger partial charge >= 0.3 is 0 Å². The first kappa shape index (κ1) is 13.1. The van der Waals surface area contributed by atoms with E-state index in [4.69, 9.17) is 4.74 Å². The Morgan fingerprint density at radius 3 is 3.21 bits per heavy atom. The summed E-state index contributed by atoms with van der Waals surface area (Å²) in [6, 6.07) is 0.368. The van der Waals surface area contributed by atoms with Gasteiger partial charge < -0.3 is 10.1 Å². The number of hydrogen-bond acceptors (Lipinski definition) is 4. The van der Waals surface area contributed by atoms with Gasteiger partial charge in [-0.2, -0.15) is 0 Å². The van der Waals surface area contributed by atoms with Crippen LogP contribution in [-0.2, 0) is 11.2 Å². The Morgan fingerprint density at radius 2 is 2.53 bits per heavy atom. The average Bonchev–Trinajstić information content (AvgIpc) is 3.03. The number of thiazole rings is 1. The summed E-state index contributed by atoms with van der Waals surface area (Å²) in [5, 5.41) is 5.63. The van der Waals surface area contributed by atoms with E-state index >= 15 is 0 Å². The Morgan fingerprint density at radius 1 is 1.63 bits per heavy atom. The minimum atomic E-state index is 0.319. The van der Waals surface area contributed by atoms with Crippen molar-refractivity contribution in [3.8, 4) is 0 Å². The monoisotopic (exact) mass is 279 g/mol. The van der Waals surface area contributed by atoms with Crippen LogP contribution >= 0.6 is 11.3 Å². The van der Waals surface area contributed by atoms with Gasteiger partial charge in [-0.15, -0.1) is 11.3 Å². The first-order valence-corrected chi connectivity index (χ1v) is 7.92. The van der Waals surface area contributed by atoms with Crippen molar-refractivity contribution in [3.05, 3.63) is 23.5 Å². The molecule has 1 N–H and O–H groups in total. The van der Waals surface area contributed by atoms with Crippen LogP contribution in [0.2, 0.25) is 0 Å². The molecule has 1 fully saturated rings. The fraction of sp³-hybridized carbons (Fsp3) is 0.643. The molecule has 0 spiro atoms. The van der Waals surface area contributed by atoms with Crippen LogP contribution in [0.25, 0.3) is 4.96 Å². The van der Waals surface area contributed by atoms with Gasteiger partial charge in [-0.3, -0.25) is 4.40 Å². The molecule has 2 aromatic heterocycles. The number of ether oxygens (including phenoxy) is 1. The smallest absolute Gasteiger partial charge is 0.193 e. The van der Waals surface area contributed by atoms with Crippen molar-refractivity contribution in [1.82, 2.24) is 14.7 Å². The Labute approximate surface area is 117 Å². The highest BCUT2D eigenvalue weighted by Gasteiger charge is 2.32. The maximum atomic E-state index is 5.91. The van der Waals surface area contributed by atoms with Crippen LogP contribution in [0.4, 0.5) is 0 Å². The normalized spacial score (nSPS) is 25.2. The predicted octanol–water partition coefficient (Wildman–Crippen LogP) is 2.34. The van der Waals surface area contributed by atoms with E-state index in [2.05, 4.69) is 46.3 Å². The van der Waals surface area contributed by atoms with Gasteiger partial charge in [0, 0.05) is 36.8 Å². The zero-order valence-electron chi connectivity index (χ0n) is 11.5. The number of fused-ring (bicyclic) bond motifs is 1. The summed E-state index contributed by atoms with van der Waals surface area (Å²) in [7, 11) is 0. The van der Waals surface area contributed by atoms with Gasteiger partial charge in [-0.05, 0) is 18.9 Å². The molecule has 3 rings (SSSR count). The zero-order valence-corrected chi connectivity index (χ0v) is 12.3. The summed E-state index contributed by atoms with van der Waals surface area (Å²) in [6.45, 7) is 6.30. The van der Waals surface area contributed by atoms with Crippen LogP contribution in [-0.4, -0.2) is 34.7 Å². The van der Waals surface area contributed by atoms with Crippen LogP contribution in [0, 0.1) is 5.92 Å². The van der Waals surface area contributed by atoms with Gasteiger partial charge in [0.25, 0.3) is 0 Å². The van der Waals surface area contributed by atoms with Gasteiger partial charge in [0.15, 0.2) is 4.96 Å². The van der Waals surface area contributed by atoms with E-state index < -0.39 is 0 Å². The lowest BCUT2D eigenvalue weighted by molar-refractivity contribution is 0.0612. The molecule has 1 aliphatic rings. The van der Waals surface area contributed by atoms with Crippen molar-refractivity contribution in [2.24, 2.45) is 5.92 Å². The molecule has 2 aromatic rings. The first-order chi connectivity index (χ1) is 9.28. The molecule has 4 nitrogen and oxygen atoms in total. The molecule has 0 bridgehead atoms. The van der Waals surface area contributed by atoms with Crippen molar-refractivity contribution in [1.29, 1.82) is 0 Å². The second kappa shape index (κ2) is 5.61. The second-order valence-electron chi connectivity index (χ2n) is 5.29. The SMILES string of the molecule is CCNC(Cc1cn2ccsc2n1)C1OCCC1C. The largest absolute Gasteiger partial charge is 0.376 e. The summed E-state index contributed by atoms with van der Waals surface area (Å²) in [5.74, 6) is 0.632. The molecule has 0 amide bonds. The Balaban J connectivity index is 1.75. The topological polar surface area (TPSA) is 38.6 Å². The van der Waals surface area contributed by atoms with Gasteiger partial charge in [-0.1, -0.05) is 13.8 Å². The lowest BCUT2D eigenvalue weighted by atomic mass is 9.94. The molecule has 3 heterocycles. The summed E-state index contributed by atoms with van der Waals surface area (Å²) in [5.41, 5.74) is 1.15. The number of aromatic nitrogens is 2. The van der Waals surface area contributed by atoms with Crippen molar-refractivity contribution >= 4 is 16.3 Å². The highest BCUT2D eigenvalue weighted by molar-refractivity contribution is 7.15. The molecule has 1 aliphatic heterocycles. The predicted molar refractivity (Wildman–Crippen MR) is 77.8 cm³/mol. The third-order valence-corrected chi connectivity index (χ3v) is 4.65. The molecule has 0 radical (unpaired) electrons. The third-order valence-electron chi connectivity index (χ3n) is 3.88. The van der Waals surface area contributed by atoms with E-state index in [0.29, 0.717) is 18.1 Å². The Kier molecular flexibility index (Phi) is 3.86. The quantitative estimate of drug-likeness (QED) is 0.913. The summed E-state index contributed by atoms with van der Waals surface area (Å²) >= 11 is 1.68. The van der Waals surface area contributed by atoms with Gasteiger partial charge in [0.2, 0.25) is 0 Å². The third kappa shape index (κ3) is 2.68. The van der Waals surface area contributed by atoms with E-state index in [1.54, 1.807) is 11.3 Å². The van der Waals surface area contributed by atoms with E-state index in [1.165, 1.54) is 6.42 Å². The minimum absolute atomic E-state index is 0.319. The lowest BCUT2D eigenvalue weighted by Gasteiger charge is -2.26.